The van der Waals surface area contributed by atoms with Gasteiger partial charge in [0.05, 0.1) is 20.3 Å². The van der Waals surface area contributed by atoms with E-state index in [-0.39, 0.29) is 23.0 Å². The van der Waals surface area contributed by atoms with Crippen molar-refractivity contribution in [3.63, 3.8) is 0 Å². The SMILES string of the molecule is COc1cc(C=Cc2cc(O[C@@H]3O[C@H](CO)[C@@H](O)[C@H](O)[C@H]3O)cc(O[C@@H]3O[C@H](CO)[C@@H](O)[C@H](O)[C@H]3O)c2)ccc1O. The van der Waals surface area contributed by atoms with Crippen molar-refractivity contribution in [1.82, 2.24) is 0 Å². The monoisotopic (exact) mass is 582 g/mol. The average Bonchev–Trinajstić information content (AvgIpc) is 2.97. The van der Waals surface area contributed by atoms with E-state index in [9.17, 15) is 46.0 Å². The smallest absolute Gasteiger partial charge is 0.229 e. The zero-order chi connectivity index (χ0) is 29.8. The largest absolute Gasteiger partial charge is 0.504 e. The summed E-state index contributed by atoms with van der Waals surface area (Å²) in [5, 5.41) is 90.0. The van der Waals surface area contributed by atoms with Gasteiger partial charge in [0.1, 0.15) is 60.3 Å². The summed E-state index contributed by atoms with van der Waals surface area (Å²) in [5.41, 5.74) is 1.09. The van der Waals surface area contributed by atoms with Gasteiger partial charge in [-0.25, -0.2) is 0 Å². The van der Waals surface area contributed by atoms with E-state index in [4.69, 9.17) is 23.7 Å². The third-order valence-electron chi connectivity index (χ3n) is 6.78. The van der Waals surface area contributed by atoms with Crippen LogP contribution >= 0.6 is 0 Å². The lowest BCUT2D eigenvalue weighted by atomic mass is 9.99. The molecule has 0 saturated carbocycles. The first kappa shape index (κ1) is 30.9. The van der Waals surface area contributed by atoms with Gasteiger partial charge in [-0.05, 0) is 35.4 Å². The number of hydrogen-bond acceptors (Lipinski definition) is 14. The maximum Gasteiger partial charge on any atom is 0.229 e. The lowest BCUT2D eigenvalue weighted by Gasteiger charge is -2.40. The van der Waals surface area contributed by atoms with E-state index >= 15 is 0 Å². The van der Waals surface area contributed by atoms with Gasteiger partial charge in [0, 0.05) is 6.07 Å². The number of benzene rings is 2. The van der Waals surface area contributed by atoms with E-state index in [1.807, 2.05) is 0 Å². The van der Waals surface area contributed by atoms with E-state index in [2.05, 4.69) is 0 Å². The summed E-state index contributed by atoms with van der Waals surface area (Å²) in [7, 11) is 1.41. The maximum atomic E-state index is 10.4. The van der Waals surface area contributed by atoms with Gasteiger partial charge in [0.25, 0.3) is 0 Å². The molecule has 0 spiro atoms. The molecule has 0 aliphatic carbocycles. The van der Waals surface area contributed by atoms with Crippen LogP contribution in [0.15, 0.2) is 36.4 Å². The number of ether oxygens (including phenoxy) is 5. The molecule has 10 atom stereocenters. The fraction of sp³-hybridized carbons (Fsp3) is 0.481. The van der Waals surface area contributed by atoms with E-state index in [0.29, 0.717) is 11.1 Å². The lowest BCUT2D eigenvalue weighted by Crippen LogP contribution is -2.60. The van der Waals surface area contributed by atoms with Crippen molar-refractivity contribution in [3.8, 4) is 23.0 Å². The fourth-order valence-corrected chi connectivity index (χ4v) is 4.41. The number of rotatable bonds is 9. The molecule has 41 heavy (non-hydrogen) atoms. The Morgan fingerprint density at radius 2 is 1.15 bits per heavy atom. The Morgan fingerprint density at radius 1 is 0.659 bits per heavy atom. The molecule has 0 amide bonds. The first-order chi connectivity index (χ1) is 19.6. The summed E-state index contributed by atoms with van der Waals surface area (Å²) in [6, 6.07) is 9.01. The zero-order valence-electron chi connectivity index (χ0n) is 21.9. The molecule has 2 heterocycles. The van der Waals surface area contributed by atoms with Crippen LogP contribution in [0, 0.1) is 0 Å². The summed E-state index contributed by atoms with van der Waals surface area (Å²) >= 11 is 0. The molecular weight excluding hydrogens is 548 g/mol. The van der Waals surface area contributed by atoms with Gasteiger partial charge in [-0.1, -0.05) is 18.2 Å². The molecule has 14 heteroatoms. The van der Waals surface area contributed by atoms with Gasteiger partial charge in [0.15, 0.2) is 11.5 Å². The molecule has 2 aromatic carbocycles. The van der Waals surface area contributed by atoms with Gasteiger partial charge in [-0.2, -0.15) is 0 Å². The molecule has 9 N–H and O–H groups in total. The second-order valence-corrected chi connectivity index (χ2v) is 9.63. The molecule has 14 nitrogen and oxygen atoms in total. The Hall–Kier alpha value is -3.02. The molecule has 4 rings (SSSR count). The van der Waals surface area contributed by atoms with Crippen LogP contribution in [0.4, 0.5) is 0 Å². The minimum Gasteiger partial charge on any atom is -0.504 e. The van der Waals surface area contributed by atoms with Crippen molar-refractivity contribution in [2.75, 3.05) is 20.3 Å². The first-order valence-electron chi connectivity index (χ1n) is 12.7. The van der Waals surface area contributed by atoms with Crippen LogP contribution in [0.5, 0.6) is 23.0 Å². The van der Waals surface area contributed by atoms with Gasteiger partial charge in [0.2, 0.25) is 12.6 Å². The molecule has 0 bridgehead atoms. The number of hydrogen-bond donors (Lipinski definition) is 9. The third-order valence-corrected chi connectivity index (χ3v) is 6.78. The van der Waals surface area contributed by atoms with E-state index < -0.39 is 74.6 Å². The molecule has 2 saturated heterocycles. The average molecular weight is 583 g/mol. The van der Waals surface area contributed by atoms with Crippen LogP contribution in [-0.4, -0.2) is 128 Å². The number of aliphatic hydroxyl groups is 8. The highest BCUT2D eigenvalue weighted by Gasteiger charge is 2.46. The predicted octanol–water partition coefficient (Wildman–Crippen LogP) is -2.07. The maximum absolute atomic E-state index is 10.4. The molecule has 226 valence electrons. The summed E-state index contributed by atoms with van der Waals surface area (Å²) in [5.74, 6) is 0.256. The molecular formula is C27H34O14. The van der Waals surface area contributed by atoms with Crippen molar-refractivity contribution in [3.05, 3.63) is 47.5 Å². The minimum absolute atomic E-state index is 0.0272. The van der Waals surface area contributed by atoms with Crippen molar-refractivity contribution in [2.45, 2.75) is 61.4 Å². The van der Waals surface area contributed by atoms with Gasteiger partial charge >= 0.3 is 0 Å². The molecule has 0 unspecified atom stereocenters. The zero-order valence-corrected chi connectivity index (χ0v) is 21.9. The van der Waals surface area contributed by atoms with Crippen LogP contribution in [0.1, 0.15) is 11.1 Å². The second kappa shape index (κ2) is 13.3. The van der Waals surface area contributed by atoms with E-state index in [1.165, 1.54) is 31.4 Å². The minimum atomic E-state index is -1.69. The number of aromatic hydroxyl groups is 1. The topological polar surface area (TPSA) is 228 Å². The first-order valence-corrected chi connectivity index (χ1v) is 12.7. The second-order valence-electron chi connectivity index (χ2n) is 9.63. The molecule has 0 radical (unpaired) electrons. The van der Waals surface area contributed by atoms with Gasteiger partial charge in [-0.3, -0.25) is 0 Å². The highest BCUT2D eigenvalue weighted by molar-refractivity contribution is 5.72. The highest BCUT2D eigenvalue weighted by atomic mass is 16.7. The normalized spacial score (nSPS) is 34.0. The standard InChI is InChI=1S/C27H34O14/c1-37-17-8-12(4-5-16(17)30)2-3-13-6-14(38-26-24(35)22(33)20(31)18(10-28)40-26)9-15(7-13)39-27-25(36)23(34)21(32)19(11-29)41-27/h2-9,18-36H,10-11H2,1H3/t18-,19-,20-,21-,22+,23+,24-,25-,26-,27-/m1/s1. The van der Waals surface area contributed by atoms with Crippen molar-refractivity contribution in [1.29, 1.82) is 0 Å². The Kier molecular flexibility index (Phi) is 10.0. The summed E-state index contributed by atoms with van der Waals surface area (Å²) in [4.78, 5) is 0. The third kappa shape index (κ3) is 6.90. The fourth-order valence-electron chi connectivity index (χ4n) is 4.41. The predicted molar refractivity (Wildman–Crippen MR) is 139 cm³/mol. The molecule has 0 aromatic heterocycles. The highest BCUT2D eigenvalue weighted by Crippen LogP contribution is 2.32. The van der Waals surface area contributed by atoms with Gasteiger partial charge < -0.3 is 69.6 Å². The number of methoxy groups -OCH3 is 1. The van der Waals surface area contributed by atoms with Crippen LogP contribution in [0.3, 0.4) is 0 Å². The number of aliphatic hydroxyl groups excluding tert-OH is 8. The Bertz CT molecular complexity index is 1130. The van der Waals surface area contributed by atoms with Crippen molar-refractivity contribution in [2.24, 2.45) is 0 Å². The Labute approximate surface area is 234 Å². The number of phenolic OH excluding ortho intramolecular Hbond substituents is 1. The summed E-state index contributed by atoms with van der Waals surface area (Å²) < 4.78 is 27.5. The summed E-state index contributed by atoms with van der Waals surface area (Å²) in [6.45, 7) is -1.32. The molecule has 2 fully saturated rings. The van der Waals surface area contributed by atoms with Crippen LogP contribution in [0.25, 0.3) is 12.2 Å². The Morgan fingerprint density at radius 3 is 1.61 bits per heavy atom. The van der Waals surface area contributed by atoms with Crippen LogP contribution < -0.4 is 14.2 Å². The van der Waals surface area contributed by atoms with Crippen LogP contribution in [0.2, 0.25) is 0 Å². The van der Waals surface area contributed by atoms with E-state index in [1.54, 1.807) is 24.3 Å². The van der Waals surface area contributed by atoms with Crippen molar-refractivity contribution >= 4 is 12.2 Å². The Balaban J connectivity index is 1.64. The molecule has 2 aliphatic rings. The van der Waals surface area contributed by atoms with E-state index in [0.717, 1.165) is 0 Å². The summed E-state index contributed by atoms with van der Waals surface area (Å²) in [6.07, 6.45) is -12.0. The van der Waals surface area contributed by atoms with Crippen molar-refractivity contribution < 1.29 is 69.6 Å². The molecule has 2 aromatic rings. The molecule has 2 aliphatic heterocycles. The number of phenols is 1. The van der Waals surface area contributed by atoms with Crippen LogP contribution in [-0.2, 0) is 9.47 Å². The van der Waals surface area contributed by atoms with Gasteiger partial charge in [-0.15, -0.1) is 0 Å². The quantitative estimate of drug-likeness (QED) is 0.145. The lowest BCUT2D eigenvalue weighted by molar-refractivity contribution is -0.278.